The van der Waals surface area contributed by atoms with Crippen molar-refractivity contribution in [3.8, 4) is 5.75 Å². The molecule has 8 heteroatoms. The summed E-state index contributed by atoms with van der Waals surface area (Å²) in [5, 5.41) is 4.00. The van der Waals surface area contributed by atoms with E-state index in [0.29, 0.717) is 15.8 Å². The number of carbonyl (C=O) groups is 2. The van der Waals surface area contributed by atoms with Crippen LogP contribution in [0.2, 0.25) is 10.0 Å². The molecule has 2 amide bonds. The Hall–Kier alpha value is -1.89. The lowest BCUT2D eigenvalue weighted by Crippen LogP contribution is -2.50. The number of benzene rings is 2. The summed E-state index contributed by atoms with van der Waals surface area (Å²) in [6.45, 7) is 2.08. The third-order valence-corrected chi connectivity index (χ3v) is 7.59. The van der Waals surface area contributed by atoms with Crippen molar-refractivity contribution < 1.29 is 14.3 Å². The highest BCUT2D eigenvalue weighted by atomic mass is 35.5. The van der Waals surface area contributed by atoms with Crippen molar-refractivity contribution in [1.29, 1.82) is 0 Å². The third kappa shape index (κ3) is 7.56. The summed E-state index contributed by atoms with van der Waals surface area (Å²) in [6.07, 6.45) is 4.26. The predicted octanol–water partition coefficient (Wildman–Crippen LogP) is 5.71. The van der Waals surface area contributed by atoms with Crippen LogP contribution in [0.1, 0.15) is 43.7 Å². The van der Waals surface area contributed by atoms with Crippen molar-refractivity contribution in [2.45, 2.75) is 57.0 Å². The molecule has 0 saturated heterocycles. The van der Waals surface area contributed by atoms with E-state index >= 15 is 0 Å². The van der Waals surface area contributed by atoms with Crippen molar-refractivity contribution in [3.63, 3.8) is 0 Å². The van der Waals surface area contributed by atoms with E-state index in [-0.39, 0.29) is 30.2 Å². The van der Waals surface area contributed by atoms with Gasteiger partial charge in [-0.2, -0.15) is 0 Å². The van der Waals surface area contributed by atoms with Gasteiger partial charge in [-0.3, -0.25) is 9.59 Å². The quantitative estimate of drug-likeness (QED) is 0.446. The molecule has 178 valence electrons. The molecule has 0 aromatic heterocycles. The van der Waals surface area contributed by atoms with Gasteiger partial charge in [0, 0.05) is 18.3 Å². The molecule has 33 heavy (non-hydrogen) atoms. The Bertz CT molecular complexity index is 949. The van der Waals surface area contributed by atoms with Crippen LogP contribution in [0.15, 0.2) is 42.5 Å². The van der Waals surface area contributed by atoms with Crippen LogP contribution in [-0.2, 0) is 21.9 Å². The number of hydrogen-bond donors (Lipinski definition) is 1. The molecule has 1 atom stereocenters. The zero-order valence-corrected chi connectivity index (χ0v) is 21.3. The van der Waals surface area contributed by atoms with Gasteiger partial charge >= 0.3 is 0 Å². The van der Waals surface area contributed by atoms with Gasteiger partial charge in [0.05, 0.1) is 22.9 Å². The van der Waals surface area contributed by atoms with Gasteiger partial charge in [-0.15, -0.1) is 11.8 Å². The zero-order valence-electron chi connectivity index (χ0n) is 19.0. The number of methoxy groups -OCH3 is 1. The maximum absolute atomic E-state index is 13.2. The van der Waals surface area contributed by atoms with Gasteiger partial charge in [-0.25, -0.2) is 0 Å². The maximum atomic E-state index is 13.2. The van der Waals surface area contributed by atoms with Crippen LogP contribution < -0.4 is 10.1 Å². The predicted molar refractivity (Wildman–Crippen MR) is 136 cm³/mol. The van der Waals surface area contributed by atoms with E-state index in [1.54, 1.807) is 31.1 Å². The average molecular weight is 509 g/mol. The fourth-order valence-electron chi connectivity index (χ4n) is 3.87. The van der Waals surface area contributed by atoms with E-state index in [9.17, 15) is 9.59 Å². The van der Waals surface area contributed by atoms with E-state index in [4.69, 9.17) is 27.9 Å². The molecule has 0 heterocycles. The Labute approximate surface area is 210 Å². The monoisotopic (exact) mass is 508 g/mol. The fraction of sp³-hybridized carbons (Fsp3) is 0.440. The van der Waals surface area contributed by atoms with Crippen LogP contribution >= 0.6 is 35.0 Å². The maximum Gasteiger partial charge on any atom is 0.242 e. The van der Waals surface area contributed by atoms with E-state index in [2.05, 4.69) is 5.32 Å². The smallest absolute Gasteiger partial charge is 0.242 e. The summed E-state index contributed by atoms with van der Waals surface area (Å²) < 4.78 is 5.19. The van der Waals surface area contributed by atoms with Gasteiger partial charge < -0.3 is 15.0 Å². The van der Waals surface area contributed by atoms with Crippen molar-refractivity contribution in [3.05, 3.63) is 63.6 Å². The molecule has 0 radical (unpaired) electrons. The molecule has 2 aromatic rings. The topological polar surface area (TPSA) is 58.6 Å². The fourth-order valence-corrected chi connectivity index (χ4v) is 5.06. The highest BCUT2D eigenvalue weighted by molar-refractivity contribution is 7.99. The number of thioether (sulfide) groups is 1. The second-order valence-corrected chi connectivity index (χ2v) is 10.1. The molecule has 1 aliphatic carbocycles. The van der Waals surface area contributed by atoms with E-state index in [0.717, 1.165) is 42.6 Å². The number of nitrogens with one attached hydrogen (secondary N) is 1. The highest BCUT2D eigenvalue weighted by Crippen LogP contribution is 2.25. The number of nitrogens with zero attached hydrogens (tertiary/aromatic N) is 1. The molecule has 1 fully saturated rings. The zero-order chi connectivity index (χ0) is 23.8. The lowest BCUT2D eigenvalue weighted by atomic mass is 10.1. The first-order valence-electron chi connectivity index (χ1n) is 11.1. The number of carbonyl (C=O) groups excluding carboxylic acids is 2. The van der Waals surface area contributed by atoms with Gasteiger partial charge in [0.15, 0.2) is 0 Å². The first-order valence-corrected chi connectivity index (χ1v) is 13.0. The molecule has 2 aromatic carbocycles. The SMILES string of the molecule is COc1ccc(CSCC(=O)N(Cc2ccc(Cl)c(Cl)c2)[C@H](C)C(=O)NC2CCCC2)cc1. The Morgan fingerprint density at radius 1 is 1.09 bits per heavy atom. The van der Waals surface area contributed by atoms with Crippen LogP contribution in [0.25, 0.3) is 0 Å². The first-order chi connectivity index (χ1) is 15.9. The van der Waals surface area contributed by atoms with Crippen LogP contribution in [0.3, 0.4) is 0 Å². The Kier molecular flexibility index (Phi) is 9.78. The lowest BCUT2D eigenvalue weighted by molar-refractivity contribution is -0.138. The van der Waals surface area contributed by atoms with Gasteiger partial charge in [-0.1, -0.05) is 54.2 Å². The summed E-state index contributed by atoms with van der Waals surface area (Å²) in [4.78, 5) is 27.8. The largest absolute Gasteiger partial charge is 0.497 e. The summed E-state index contributed by atoms with van der Waals surface area (Å²) in [5.41, 5.74) is 1.94. The summed E-state index contributed by atoms with van der Waals surface area (Å²) in [6, 6.07) is 12.7. The Morgan fingerprint density at radius 2 is 1.76 bits per heavy atom. The van der Waals surface area contributed by atoms with Gasteiger partial charge in [-0.05, 0) is 55.2 Å². The Morgan fingerprint density at radius 3 is 2.39 bits per heavy atom. The van der Waals surface area contributed by atoms with Crippen LogP contribution in [-0.4, -0.2) is 41.7 Å². The second kappa shape index (κ2) is 12.5. The van der Waals surface area contributed by atoms with Crippen LogP contribution in [0.4, 0.5) is 0 Å². The molecule has 3 rings (SSSR count). The van der Waals surface area contributed by atoms with Crippen molar-refractivity contribution in [2.24, 2.45) is 0 Å². The number of rotatable bonds is 10. The number of amides is 2. The van der Waals surface area contributed by atoms with E-state index in [1.165, 1.54) is 11.8 Å². The van der Waals surface area contributed by atoms with Gasteiger partial charge in [0.25, 0.3) is 0 Å². The molecule has 0 spiro atoms. The van der Waals surface area contributed by atoms with E-state index in [1.807, 2.05) is 30.3 Å². The second-order valence-electron chi connectivity index (χ2n) is 8.28. The van der Waals surface area contributed by atoms with E-state index < -0.39 is 6.04 Å². The minimum atomic E-state index is -0.589. The number of hydrogen-bond acceptors (Lipinski definition) is 4. The minimum Gasteiger partial charge on any atom is -0.497 e. The van der Waals surface area contributed by atoms with Crippen molar-refractivity contribution >= 4 is 46.8 Å². The summed E-state index contributed by atoms with van der Waals surface area (Å²) in [5.74, 6) is 1.56. The summed E-state index contributed by atoms with van der Waals surface area (Å²) in [7, 11) is 1.63. The van der Waals surface area contributed by atoms with Crippen molar-refractivity contribution in [2.75, 3.05) is 12.9 Å². The van der Waals surface area contributed by atoms with Crippen LogP contribution in [0.5, 0.6) is 5.75 Å². The highest BCUT2D eigenvalue weighted by Gasteiger charge is 2.28. The third-order valence-electron chi connectivity index (χ3n) is 5.86. The molecule has 5 nitrogen and oxygen atoms in total. The Balaban J connectivity index is 1.66. The van der Waals surface area contributed by atoms with Gasteiger partial charge in [0.2, 0.25) is 11.8 Å². The molecular formula is C25H30Cl2N2O3S. The minimum absolute atomic E-state index is 0.0892. The summed E-state index contributed by atoms with van der Waals surface area (Å²) >= 11 is 13.7. The van der Waals surface area contributed by atoms with Crippen molar-refractivity contribution in [1.82, 2.24) is 10.2 Å². The number of ether oxygens (including phenoxy) is 1. The molecule has 0 bridgehead atoms. The molecule has 1 aliphatic rings. The van der Waals surface area contributed by atoms with Gasteiger partial charge in [0.1, 0.15) is 11.8 Å². The molecular weight excluding hydrogens is 479 g/mol. The first kappa shape index (κ1) is 25.7. The lowest BCUT2D eigenvalue weighted by Gasteiger charge is -2.30. The normalized spacial score (nSPS) is 14.7. The number of halogens is 2. The molecule has 0 unspecified atom stereocenters. The average Bonchev–Trinajstić information content (AvgIpc) is 3.32. The molecule has 1 saturated carbocycles. The molecule has 0 aliphatic heterocycles. The standard InChI is InChI=1S/C25H30Cl2N2O3S/c1-17(25(31)28-20-5-3-4-6-20)29(14-19-9-12-22(26)23(27)13-19)24(30)16-33-15-18-7-10-21(32-2)11-8-18/h7-13,17,20H,3-6,14-16H2,1-2H3,(H,28,31)/t17-/m1/s1. The molecule has 1 N–H and O–H groups in total. The van der Waals surface area contributed by atoms with Crippen LogP contribution in [0, 0.1) is 0 Å².